The first kappa shape index (κ1) is 18.2. The van der Waals surface area contributed by atoms with E-state index in [9.17, 15) is 14.4 Å². The number of carbonyl (C=O) groups is 3. The summed E-state index contributed by atoms with van der Waals surface area (Å²) in [6.07, 6.45) is 4.73. The fraction of sp³-hybridized carbons (Fsp3) is 0.526. The van der Waals surface area contributed by atoms with Gasteiger partial charge in [-0.15, -0.1) is 0 Å². The summed E-state index contributed by atoms with van der Waals surface area (Å²) >= 11 is 0. The number of nitrogens with zero attached hydrogens (tertiary/aromatic N) is 2. The molecule has 2 aliphatic heterocycles. The molecule has 7 nitrogen and oxygen atoms in total. The molecule has 0 spiro atoms. The zero-order valence-corrected chi connectivity index (χ0v) is 14.9. The van der Waals surface area contributed by atoms with Crippen molar-refractivity contribution in [2.24, 2.45) is 5.73 Å². The van der Waals surface area contributed by atoms with Gasteiger partial charge in [0.2, 0.25) is 5.91 Å². The molecule has 1 aromatic rings. The summed E-state index contributed by atoms with van der Waals surface area (Å²) in [5.41, 5.74) is 6.93. The first-order chi connectivity index (χ1) is 12.6. The van der Waals surface area contributed by atoms with Crippen molar-refractivity contribution in [2.45, 2.75) is 44.7 Å². The smallest absolute Gasteiger partial charge is 0.318 e. The first-order valence-corrected chi connectivity index (χ1v) is 9.28. The van der Waals surface area contributed by atoms with Gasteiger partial charge in [0.15, 0.2) is 0 Å². The van der Waals surface area contributed by atoms with E-state index in [0.717, 1.165) is 37.9 Å². The molecular weight excluding hydrogens is 332 g/mol. The van der Waals surface area contributed by atoms with Gasteiger partial charge in [-0.3, -0.25) is 9.59 Å². The summed E-state index contributed by atoms with van der Waals surface area (Å²) in [7, 11) is 0. The van der Waals surface area contributed by atoms with E-state index in [-0.39, 0.29) is 11.9 Å². The molecule has 2 saturated heterocycles. The summed E-state index contributed by atoms with van der Waals surface area (Å²) in [5.74, 6) is -0.389. The number of nitrogens with one attached hydrogen (secondary N) is 1. The third-order valence-electron chi connectivity index (χ3n) is 5.13. The van der Waals surface area contributed by atoms with Crippen LogP contribution in [0, 0.1) is 0 Å². The Bertz CT molecular complexity index is 668. The molecule has 1 atom stereocenters. The van der Waals surface area contributed by atoms with E-state index < -0.39 is 11.9 Å². The number of primary amides is 1. The summed E-state index contributed by atoms with van der Waals surface area (Å²) in [5, 5.41) is 2.82. The van der Waals surface area contributed by atoms with E-state index in [1.54, 1.807) is 12.1 Å². The van der Waals surface area contributed by atoms with Gasteiger partial charge in [0.05, 0.1) is 0 Å². The normalized spacial score (nSPS) is 20.1. The van der Waals surface area contributed by atoms with Crippen molar-refractivity contribution in [3.05, 3.63) is 35.4 Å². The standard InChI is InChI=1S/C19H26N4O3/c20-17(24)16-5-4-12-23(16)19(26)21-13-14-6-8-15(9-7-14)18(25)22-10-2-1-3-11-22/h6-9,16H,1-5,10-13H2,(H2,20,24)(H,21,26)/t16-/m1/s1. The maximum Gasteiger partial charge on any atom is 0.318 e. The second-order valence-electron chi connectivity index (χ2n) is 6.96. The maximum absolute atomic E-state index is 12.5. The largest absolute Gasteiger partial charge is 0.368 e. The molecule has 0 unspecified atom stereocenters. The Morgan fingerprint density at radius 3 is 2.35 bits per heavy atom. The molecule has 2 fully saturated rings. The molecule has 7 heteroatoms. The third kappa shape index (κ3) is 4.15. The van der Waals surface area contributed by atoms with Crippen molar-refractivity contribution in [2.75, 3.05) is 19.6 Å². The lowest BCUT2D eigenvalue weighted by atomic mass is 10.1. The molecule has 1 aromatic carbocycles. The van der Waals surface area contributed by atoms with Gasteiger partial charge < -0.3 is 20.9 Å². The molecule has 0 radical (unpaired) electrons. The molecule has 0 aliphatic carbocycles. The average Bonchev–Trinajstić information content (AvgIpc) is 3.17. The molecule has 0 saturated carbocycles. The SMILES string of the molecule is NC(=O)[C@H]1CCCN1C(=O)NCc1ccc(C(=O)N2CCCCC2)cc1. The van der Waals surface area contributed by atoms with Crippen LogP contribution < -0.4 is 11.1 Å². The van der Waals surface area contributed by atoms with Crippen LogP contribution in [0.25, 0.3) is 0 Å². The van der Waals surface area contributed by atoms with Crippen LogP contribution in [-0.4, -0.2) is 53.3 Å². The molecular formula is C19H26N4O3. The zero-order valence-electron chi connectivity index (χ0n) is 14.9. The Labute approximate surface area is 153 Å². The minimum atomic E-state index is -0.514. The lowest BCUT2D eigenvalue weighted by Crippen LogP contribution is -2.47. The number of rotatable bonds is 4. The minimum absolute atomic E-state index is 0.0710. The number of hydrogen-bond acceptors (Lipinski definition) is 3. The molecule has 2 aliphatic rings. The Morgan fingerprint density at radius 1 is 1.00 bits per heavy atom. The Hall–Kier alpha value is -2.57. The van der Waals surface area contributed by atoms with Crippen LogP contribution in [0.1, 0.15) is 48.0 Å². The second kappa shape index (κ2) is 8.21. The number of hydrogen-bond donors (Lipinski definition) is 2. The van der Waals surface area contributed by atoms with Crippen LogP contribution in [0.15, 0.2) is 24.3 Å². The summed E-state index contributed by atoms with van der Waals surface area (Å²) < 4.78 is 0. The fourth-order valence-corrected chi connectivity index (χ4v) is 3.63. The van der Waals surface area contributed by atoms with Crippen LogP contribution in [0.5, 0.6) is 0 Å². The third-order valence-corrected chi connectivity index (χ3v) is 5.13. The molecule has 26 heavy (non-hydrogen) atoms. The highest BCUT2D eigenvalue weighted by Gasteiger charge is 2.32. The Kier molecular flexibility index (Phi) is 5.75. The number of piperidine rings is 1. The van der Waals surface area contributed by atoms with Crippen LogP contribution in [0.2, 0.25) is 0 Å². The van der Waals surface area contributed by atoms with Crippen molar-refractivity contribution < 1.29 is 14.4 Å². The molecule has 3 N–H and O–H groups in total. The van der Waals surface area contributed by atoms with Crippen molar-refractivity contribution in [3.8, 4) is 0 Å². The number of urea groups is 1. The summed E-state index contributed by atoms with van der Waals surface area (Å²) in [6, 6.07) is 6.53. The van der Waals surface area contributed by atoms with Crippen molar-refractivity contribution in [1.29, 1.82) is 0 Å². The molecule has 0 bridgehead atoms. The van der Waals surface area contributed by atoms with E-state index in [0.29, 0.717) is 25.1 Å². The van der Waals surface area contributed by atoms with E-state index in [4.69, 9.17) is 5.73 Å². The zero-order chi connectivity index (χ0) is 18.5. The van der Waals surface area contributed by atoms with Gasteiger partial charge in [-0.25, -0.2) is 4.79 Å². The van der Waals surface area contributed by atoms with E-state index in [2.05, 4.69) is 5.32 Å². The number of carbonyl (C=O) groups excluding carboxylic acids is 3. The molecule has 140 valence electrons. The van der Waals surface area contributed by atoms with Crippen molar-refractivity contribution >= 4 is 17.8 Å². The topological polar surface area (TPSA) is 95.7 Å². The van der Waals surface area contributed by atoms with Gasteiger partial charge in [0.25, 0.3) is 5.91 Å². The fourth-order valence-electron chi connectivity index (χ4n) is 3.63. The molecule has 3 rings (SSSR count). The maximum atomic E-state index is 12.5. The van der Waals surface area contributed by atoms with E-state index in [1.807, 2.05) is 17.0 Å². The van der Waals surface area contributed by atoms with Crippen molar-refractivity contribution in [3.63, 3.8) is 0 Å². The first-order valence-electron chi connectivity index (χ1n) is 9.28. The van der Waals surface area contributed by atoms with Gasteiger partial charge >= 0.3 is 6.03 Å². The highest BCUT2D eigenvalue weighted by molar-refractivity contribution is 5.94. The predicted molar refractivity (Wildman–Crippen MR) is 97.4 cm³/mol. The van der Waals surface area contributed by atoms with Crippen LogP contribution in [0.4, 0.5) is 4.79 Å². The summed E-state index contributed by atoms with van der Waals surface area (Å²) in [4.78, 5) is 39.5. The molecule has 4 amide bonds. The summed E-state index contributed by atoms with van der Waals surface area (Å²) in [6.45, 7) is 2.54. The van der Waals surface area contributed by atoms with E-state index in [1.165, 1.54) is 11.3 Å². The average molecular weight is 358 g/mol. The van der Waals surface area contributed by atoms with Crippen LogP contribution >= 0.6 is 0 Å². The monoisotopic (exact) mass is 358 g/mol. The number of benzene rings is 1. The van der Waals surface area contributed by atoms with Crippen LogP contribution in [0.3, 0.4) is 0 Å². The highest BCUT2D eigenvalue weighted by Crippen LogP contribution is 2.17. The molecule has 0 aromatic heterocycles. The predicted octanol–water partition coefficient (Wildman–Crippen LogP) is 1.47. The minimum Gasteiger partial charge on any atom is -0.368 e. The van der Waals surface area contributed by atoms with Gasteiger partial charge in [-0.2, -0.15) is 0 Å². The van der Waals surface area contributed by atoms with Gasteiger partial charge in [0, 0.05) is 31.7 Å². The molecule has 2 heterocycles. The Balaban J connectivity index is 1.53. The number of nitrogens with two attached hydrogens (primary N) is 1. The van der Waals surface area contributed by atoms with Gasteiger partial charge in [-0.05, 0) is 49.8 Å². The van der Waals surface area contributed by atoms with Gasteiger partial charge in [0.1, 0.15) is 6.04 Å². The highest BCUT2D eigenvalue weighted by atomic mass is 16.2. The Morgan fingerprint density at radius 2 is 1.69 bits per heavy atom. The van der Waals surface area contributed by atoms with Crippen LogP contribution in [-0.2, 0) is 11.3 Å². The number of likely N-dealkylation sites (tertiary alicyclic amines) is 2. The number of amides is 4. The lowest BCUT2D eigenvalue weighted by Gasteiger charge is -2.26. The lowest BCUT2D eigenvalue weighted by molar-refractivity contribution is -0.121. The van der Waals surface area contributed by atoms with Gasteiger partial charge in [-0.1, -0.05) is 12.1 Å². The quantitative estimate of drug-likeness (QED) is 0.853. The van der Waals surface area contributed by atoms with Crippen molar-refractivity contribution in [1.82, 2.24) is 15.1 Å². The van der Waals surface area contributed by atoms with E-state index >= 15 is 0 Å². The second-order valence-corrected chi connectivity index (χ2v) is 6.96.